The topological polar surface area (TPSA) is 64.1 Å². The quantitative estimate of drug-likeness (QED) is 0.611. The molecule has 2 aromatic carbocycles. The number of amides is 1. The highest BCUT2D eigenvalue weighted by Crippen LogP contribution is 2.27. The summed E-state index contributed by atoms with van der Waals surface area (Å²) in [5.74, 6) is 0.439. The van der Waals surface area contributed by atoms with Gasteiger partial charge in [-0.15, -0.1) is 10.2 Å². The fourth-order valence-corrected chi connectivity index (χ4v) is 3.32. The number of aryl methyl sites for hydroxylation is 2. The molecule has 3 aromatic rings. The second-order valence-corrected chi connectivity index (χ2v) is 7.58. The number of ether oxygens (including phenoxy) is 1. The zero-order valence-corrected chi connectivity index (χ0v) is 16.9. The molecular formula is C20H20ClN3O2S. The van der Waals surface area contributed by atoms with E-state index in [0.717, 1.165) is 11.1 Å². The fraction of sp³-hybridized carbons (Fsp3) is 0.250. The van der Waals surface area contributed by atoms with E-state index in [1.54, 1.807) is 12.1 Å². The van der Waals surface area contributed by atoms with Gasteiger partial charge in [0.1, 0.15) is 10.8 Å². The maximum Gasteiger partial charge on any atom is 0.267 e. The molecule has 27 heavy (non-hydrogen) atoms. The minimum atomic E-state index is -0.602. The van der Waals surface area contributed by atoms with Crippen molar-refractivity contribution in [2.45, 2.75) is 33.3 Å². The average Bonchev–Trinajstić information content (AvgIpc) is 3.11. The van der Waals surface area contributed by atoms with Crippen molar-refractivity contribution < 1.29 is 9.53 Å². The Labute approximate surface area is 167 Å². The Hall–Kier alpha value is -2.44. The monoisotopic (exact) mass is 401 g/mol. The van der Waals surface area contributed by atoms with Crippen LogP contribution in [0.4, 0.5) is 5.13 Å². The van der Waals surface area contributed by atoms with Gasteiger partial charge in [0.05, 0.1) is 0 Å². The number of aromatic nitrogens is 2. The van der Waals surface area contributed by atoms with E-state index >= 15 is 0 Å². The summed E-state index contributed by atoms with van der Waals surface area (Å²) in [5, 5.41) is 12.8. The summed E-state index contributed by atoms with van der Waals surface area (Å²) in [5.41, 5.74) is 3.21. The average molecular weight is 402 g/mol. The van der Waals surface area contributed by atoms with Crippen LogP contribution in [0.3, 0.4) is 0 Å². The molecule has 1 heterocycles. The highest BCUT2D eigenvalue weighted by atomic mass is 35.5. The molecule has 1 N–H and O–H groups in total. The number of benzene rings is 2. The highest BCUT2D eigenvalue weighted by molar-refractivity contribution is 7.18. The van der Waals surface area contributed by atoms with Crippen LogP contribution in [0.15, 0.2) is 42.5 Å². The summed E-state index contributed by atoms with van der Waals surface area (Å²) in [6, 6.07) is 13.1. The Morgan fingerprint density at radius 2 is 1.89 bits per heavy atom. The van der Waals surface area contributed by atoms with Gasteiger partial charge in [-0.25, -0.2) is 0 Å². The molecule has 1 aromatic heterocycles. The molecule has 0 aliphatic rings. The Bertz CT molecular complexity index is 941. The predicted molar refractivity (Wildman–Crippen MR) is 110 cm³/mol. The van der Waals surface area contributed by atoms with Crippen molar-refractivity contribution in [2.24, 2.45) is 0 Å². The molecule has 1 atom stereocenters. The Morgan fingerprint density at radius 1 is 1.15 bits per heavy atom. The largest absolute Gasteiger partial charge is 0.481 e. The molecule has 5 nitrogen and oxygen atoms in total. The van der Waals surface area contributed by atoms with Crippen LogP contribution in [0.2, 0.25) is 5.02 Å². The zero-order valence-electron chi connectivity index (χ0n) is 15.3. The molecule has 3 rings (SSSR count). The van der Waals surface area contributed by atoms with Crippen LogP contribution in [-0.4, -0.2) is 22.2 Å². The Kier molecular flexibility index (Phi) is 6.08. The molecule has 140 valence electrons. The van der Waals surface area contributed by atoms with Gasteiger partial charge in [-0.3, -0.25) is 10.1 Å². The van der Waals surface area contributed by atoms with Crippen molar-refractivity contribution >= 4 is 34.0 Å². The number of hydrogen-bond acceptors (Lipinski definition) is 5. The summed E-state index contributed by atoms with van der Waals surface area (Å²) < 4.78 is 5.87. The first kappa shape index (κ1) is 19.3. The predicted octanol–water partition coefficient (Wildman–Crippen LogP) is 5.27. The molecule has 7 heteroatoms. The van der Waals surface area contributed by atoms with Crippen molar-refractivity contribution in [3.8, 4) is 16.3 Å². The minimum absolute atomic E-state index is 0.241. The van der Waals surface area contributed by atoms with E-state index in [0.29, 0.717) is 27.3 Å². The number of nitrogens with one attached hydrogen (secondary N) is 1. The number of rotatable bonds is 6. The molecule has 0 fully saturated rings. The lowest BCUT2D eigenvalue weighted by Crippen LogP contribution is -2.32. The van der Waals surface area contributed by atoms with Crippen LogP contribution < -0.4 is 10.1 Å². The molecule has 0 saturated heterocycles. The van der Waals surface area contributed by atoms with E-state index in [2.05, 4.69) is 15.5 Å². The molecular weight excluding hydrogens is 382 g/mol. The first-order valence-corrected chi connectivity index (χ1v) is 9.80. The molecule has 0 radical (unpaired) electrons. The smallest absolute Gasteiger partial charge is 0.267 e. The molecule has 0 saturated carbocycles. The lowest BCUT2D eigenvalue weighted by atomic mass is 10.1. The van der Waals surface area contributed by atoms with E-state index in [-0.39, 0.29) is 5.91 Å². The molecule has 0 aliphatic carbocycles. The molecule has 0 bridgehead atoms. The molecule has 0 unspecified atom stereocenters. The summed E-state index contributed by atoms with van der Waals surface area (Å²) >= 11 is 7.21. The fourth-order valence-electron chi connectivity index (χ4n) is 2.44. The summed E-state index contributed by atoms with van der Waals surface area (Å²) in [6.45, 7) is 5.96. The van der Waals surface area contributed by atoms with E-state index in [1.165, 1.54) is 16.9 Å². The first-order valence-electron chi connectivity index (χ1n) is 8.60. The summed E-state index contributed by atoms with van der Waals surface area (Å²) in [4.78, 5) is 12.6. The third kappa shape index (κ3) is 4.84. The van der Waals surface area contributed by atoms with Gasteiger partial charge < -0.3 is 4.74 Å². The van der Waals surface area contributed by atoms with Gasteiger partial charge in [0.2, 0.25) is 5.13 Å². The van der Waals surface area contributed by atoms with Crippen molar-refractivity contribution in [3.05, 3.63) is 58.6 Å². The standard InChI is InChI=1S/C20H20ClN3O2S/c1-4-17(26-16-10-5-12(2)13(3)11-16)18(25)22-20-24-23-19(27-20)14-6-8-15(21)9-7-14/h5-11,17H,4H2,1-3H3,(H,22,24,25)/t17-/m1/s1. The summed E-state index contributed by atoms with van der Waals surface area (Å²) in [7, 11) is 0. The van der Waals surface area contributed by atoms with Gasteiger partial charge in [0.25, 0.3) is 5.91 Å². The van der Waals surface area contributed by atoms with E-state index in [4.69, 9.17) is 16.3 Å². The second kappa shape index (κ2) is 8.50. The van der Waals surface area contributed by atoms with E-state index < -0.39 is 6.10 Å². The Morgan fingerprint density at radius 3 is 2.56 bits per heavy atom. The van der Waals surface area contributed by atoms with Crippen LogP contribution in [0.1, 0.15) is 24.5 Å². The number of nitrogens with zero attached hydrogens (tertiary/aromatic N) is 2. The van der Waals surface area contributed by atoms with Gasteiger partial charge in [-0.05, 0) is 55.7 Å². The SMILES string of the molecule is CC[C@@H](Oc1ccc(C)c(C)c1)C(=O)Nc1nnc(-c2ccc(Cl)cc2)s1. The van der Waals surface area contributed by atoms with Crippen molar-refractivity contribution in [1.29, 1.82) is 0 Å². The number of carbonyl (C=O) groups excluding carboxylic acids is 1. The minimum Gasteiger partial charge on any atom is -0.481 e. The molecule has 0 aliphatic heterocycles. The van der Waals surface area contributed by atoms with Gasteiger partial charge in [-0.1, -0.05) is 48.1 Å². The van der Waals surface area contributed by atoms with Gasteiger partial charge in [-0.2, -0.15) is 0 Å². The molecule has 1 amide bonds. The van der Waals surface area contributed by atoms with Crippen molar-refractivity contribution in [1.82, 2.24) is 10.2 Å². The number of hydrogen-bond donors (Lipinski definition) is 1. The lowest BCUT2D eigenvalue weighted by Gasteiger charge is -2.17. The molecule has 0 spiro atoms. The van der Waals surface area contributed by atoms with Crippen molar-refractivity contribution in [2.75, 3.05) is 5.32 Å². The Balaban J connectivity index is 1.67. The second-order valence-electron chi connectivity index (χ2n) is 6.17. The van der Waals surface area contributed by atoms with Gasteiger partial charge in [0, 0.05) is 10.6 Å². The number of carbonyl (C=O) groups is 1. The van der Waals surface area contributed by atoms with Gasteiger partial charge >= 0.3 is 0 Å². The zero-order chi connectivity index (χ0) is 19.4. The third-order valence-corrected chi connectivity index (χ3v) is 5.31. The highest BCUT2D eigenvalue weighted by Gasteiger charge is 2.20. The van der Waals surface area contributed by atoms with E-state index in [1.807, 2.05) is 51.1 Å². The van der Waals surface area contributed by atoms with Gasteiger partial charge in [0.15, 0.2) is 6.10 Å². The van der Waals surface area contributed by atoms with Crippen LogP contribution in [-0.2, 0) is 4.79 Å². The van der Waals surface area contributed by atoms with E-state index in [9.17, 15) is 4.79 Å². The van der Waals surface area contributed by atoms with Crippen LogP contribution in [0.5, 0.6) is 5.75 Å². The number of anilines is 1. The third-order valence-electron chi connectivity index (χ3n) is 4.17. The maximum atomic E-state index is 12.6. The first-order chi connectivity index (χ1) is 13.0. The van der Waals surface area contributed by atoms with Crippen LogP contribution >= 0.6 is 22.9 Å². The van der Waals surface area contributed by atoms with Crippen LogP contribution in [0.25, 0.3) is 10.6 Å². The number of halogens is 1. The van der Waals surface area contributed by atoms with Crippen molar-refractivity contribution in [3.63, 3.8) is 0 Å². The summed E-state index contributed by atoms with van der Waals surface area (Å²) in [6.07, 6.45) is -0.0586. The maximum absolute atomic E-state index is 12.6. The lowest BCUT2D eigenvalue weighted by molar-refractivity contribution is -0.122. The van der Waals surface area contributed by atoms with Crippen LogP contribution in [0, 0.1) is 13.8 Å². The normalized spacial score (nSPS) is 11.9.